The van der Waals surface area contributed by atoms with Gasteiger partial charge in [0.15, 0.2) is 0 Å². The molecule has 1 saturated heterocycles. The van der Waals surface area contributed by atoms with E-state index in [-0.39, 0.29) is 0 Å². The summed E-state index contributed by atoms with van der Waals surface area (Å²) in [5.41, 5.74) is 0.591. The number of hydrogen-bond donors (Lipinski definition) is 1. The van der Waals surface area contributed by atoms with E-state index in [0.29, 0.717) is 13.1 Å². The molecule has 4 heteroatoms. The molecule has 4 nitrogen and oxygen atoms in total. The van der Waals surface area contributed by atoms with E-state index in [0.717, 1.165) is 37.2 Å². The minimum absolute atomic E-state index is 0.495. The molecule has 0 unspecified atom stereocenters. The van der Waals surface area contributed by atoms with E-state index in [1.807, 2.05) is 6.07 Å². The van der Waals surface area contributed by atoms with Gasteiger partial charge in [-0.15, -0.1) is 0 Å². The lowest BCUT2D eigenvalue weighted by Gasteiger charge is -2.47. The van der Waals surface area contributed by atoms with Crippen molar-refractivity contribution in [2.45, 2.75) is 45.1 Å². The van der Waals surface area contributed by atoms with Crippen LogP contribution in [0.1, 0.15) is 38.8 Å². The van der Waals surface area contributed by atoms with Gasteiger partial charge in [-0.3, -0.25) is 0 Å². The first kappa shape index (κ1) is 12.3. The number of aliphatic hydroxyl groups is 1. The maximum absolute atomic E-state index is 10.1. The van der Waals surface area contributed by atoms with Crippen molar-refractivity contribution in [2.24, 2.45) is 0 Å². The van der Waals surface area contributed by atoms with Gasteiger partial charge in [0.25, 0.3) is 0 Å². The molecule has 0 saturated carbocycles. The van der Waals surface area contributed by atoms with Gasteiger partial charge >= 0.3 is 0 Å². The first-order valence-electron chi connectivity index (χ1n) is 6.45. The van der Waals surface area contributed by atoms with Crippen molar-refractivity contribution < 1.29 is 5.11 Å². The third kappa shape index (κ3) is 2.75. The Morgan fingerprint density at radius 3 is 2.71 bits per heavy atom. The molecule has 17 heavy (non-hydrogen) atoms. The molecule has 0 spiro atoms. The summed E-state index contributed by atoms with van der Waals surface area (Å²) in [4.78, 5) is 10.6. The molecule has 1 N–H and O–H groups in total. The minimum Gasteiger partial charge on any atom is -0.386 e. The van der Waals surface area contributed by atoms with Crippen molar-refractivity contribution in [1.29, 1.82) is 0 Å². The molecular weight excluding hydrogens is 214 g/mol. The van der Waals surface area contributed by atoms with Crippen LogP contribution >= 0.6 is 0 Å². The maximum Gasteiger partial charge on any atom is 0.132 e. The molecule has 1 aliphatic rings. The van der Waals surface area contributed by atoms with Crippen molar-refractivity contribution in [3.63, 3.8) is 0 Å². The van der Waals surface area contributed by atoms with E-state index in [1.165, 1.54) is 0 Å². The van der Waals surface area contributed by atoms with Gasteiger partial charge in [0.2, 0.25) is 0 Å². The van der Waals surface area contributed by atoms with Gasteiger partial charge in [-0.05, 0) is 12.8 Å². The third-order valence-electron chi connectivity index (χ3n) is 3.23. The van der Waals surface area contributed by atoms with Crippen molar-refractivity contribution in [2.75, 3.05) is 18.0 Å². The van der Waals surface area contributed by atoms with Crippen LogP contribution in [-0.4, -0.2) is 33.8 Å². The van der Waals surface area contributed by atoms with E-state index in [2.05, 4.69) is 28.7 Å². The second kappa shape index (κ2) is 5.00. The van der Waals surface area contributed by atoms with Crippen LogP contribution in [0.3, 0.4) is 0 Å². The summed E-state index contributed by atoms with van der Waals surface area (Å²) in [5, 5.41) is 10.1. The molecule has 1 aromatic rings. The Labute approximate surface area is 103 Å². The lowest BCUT2D eigenvalue weighted by atomic mass is 9.89. The molecule has 0 aromatic carbocycles. The standard InChI is InChI=1S/C13H21N3O/c1-3-5-11-7-12(15-10-14-11)16-8-13(17,9-16)6-4-2/h7,10,17H,3-6,8-9H2,1-2H3. The molecular formula is C13H21N3O. The Balaban J connectivity index is 1.98. The molecule has 0 radical (unpaired) electrons. The Bertz CT molecular complexity index is 375. The van der Waals surface area contributed by atoms with Gasteiger partial charge in [0.05, 0.1) is 5.60 Å². The zero-order chi connectivity index (χ0) is 12.3. The molecule has 1 aliphatic heterocycles. The normalized spacial score (nSPS) is 17.9. The van der Waals surface area contributed by atoms with Crippen molar-refractivity contribution in [1.82, 2.24) is 9.97 Å². The fraction of sp³-hybridized carbons (Fsp3) is 0.692. The number of β-amino-alcohol motifs (C(OH)–C–C–N with tert-alkyl or cyclic N) is 1. The molecule has 1 fully saturated rings. The first-order valence-corrected chi connectivity index (χ1v) is 6.45. The van der Waals surface area contributed by atoms with E-state index >= 15 is 0 Å². The number of nitrogens with zero attached hydrogens (tertiary/aromatic N) is 3. The first-order chi connectivity index (χ1) is 8.17. The second-order valence-corrected chi connectivity index (χ2v) is 4.95. The van der Waals surface area contributed by atoms with Crippen LogP contribution in [0.5, 0.6) is 0 Å². The van der Waals surface area contributed by atoms with Crippen molar-refractivity contribution in [3.8, 4) is 0 Å². The molecule has 1 aromatic heterocycles. The van der Waals surface area contributed by atoms with Gasteiger partial charge in [0.1, 0.15) is 12.1 Å². The highest BCUT2D eigenvalue weighted by molar-refractivity contribution is 5.44. The molecule has 2 rings (SSSR count). The molecule has 2 heterocycles. The van der Waals surface area contributed by atoms with Crippen LogP contribution in [-0.2, 0) is 6.42 Å². The zero-order valence-electron chi connectivity index (χ0n) is 10.7. The number of rotatable bonds is 5. The van der Waals surface area contributed by atoms with Crippen LogP contribution in [0.25, 0.3) is 0 Å². The summed E-state index contributed by atoms with van der Waals surface area (Å²) >= 11 is 0. The summed E-state index contributed by atoms with van der Waals surface area (Å²) in [6.07, 6.45) is 5.60. The van der Waals surface area contributed by atoms with Crippen LogP contribution in [0, 0.1) is 0 Å². The van der Waals surface area contributed by atoms with Crippen molar-refractivity contribution >= 4 is 5.82 Å². The Morgan fingerprint density at radius 1 is 1.29 bits per heavy atom. The molecule has 0 atom stereocenters. The molecule has 0 amide bonds. The topological polar surface area (TPSA) is 49.2 Å². The fourth-order valence-corrected chi connectivity index (χ4v) is 2.40. The summed E-state index contributed by atoms with van der Waals surface area (Å²) < 4.78 is 0. The SMILES string of the molecule is CCCc1cc(N2CC(O)(CCC)C2)ncn1. The van der Waals surface area contributed by atoms with Gasteiger partial charge < -0.3 is 10.0 Å². The van der Waals surface area contributed by atoms with Crippen LogP contribution < -0.4 is 4.90 Å². The van der Waals surface area contributed by atoms with Crippen LogP contribution in [0.15, 0.2) is 12.4 Å². The lowest BCUT2D eigenvalue weighted by molar-refractivity contribution is 0.00292. The number of anilines is 1. The summed E-state index contributed by atoms with van der Waals surface area (Å²) in [5.74, 6) is 0.948. The van der Waals surface area contributed by atoms with Crippen molar-refractivity contribution in [3.05, 3.63) is 18.1 Å². The largest absolute Gasteiger partial charge is 0.386 e. The summed E-state index contributed by atoms with van der Waals surface area (Å²) in [6, 6.07) is 2.04. The lowest BCUT2D eigenvalue weighted by Crippen LogP contribution is -2.62. The Morgan fingerprint density at radius 2 is 2.06 bits per heavy atom. The minimum atomic E-state index is -0.495. The number of aryl methyl sites for hydroxylation is 1. The van der Waals surface area contributed by atoms with E-state index in [9.17, 15) is 5.11 Å². The Hall–Kier alpha value is -1.16. The van der Waals surface area contributed by atoms with E-state index < -0.39 is 5.60 Å². The fourth-order valence-electron chi connectivity index (χ4n) is 2.40. The quantitative estimate of drug-likeness (QED) is 0.845. The van der Waals surface area contributed by atoms with E-state index in [4.69, 9.17) is 0 Å². The molecule has 0 aliphatic carbocycles. The Kier molecular flexibility index (Phi) is 3.62. The average Bonchev–Trinajstić information content (AvgIpc) is 2.27. The monoisotopic (exact) mass is 235 g/mol. The van der Waals surface area contributed by atoms with Gasteiger partial charge in [-0.25, -0.2) is 9.97 Å². The van der Waals surface area contributed by atoms with Crippen LogP contribution in [0.4, 0.5) is 5.82 Å². The maximum atomic E-state index is 10.1. The average molecular weight is 235 g/mol. The predicted octanol–water partition coefficient (Wildman–Crippen LogP) is 1.78. The number of hydrogen-bond acceptors (Lipinski definition) is 4. The highest BCUT2D eigenvalue weighted by Gasteiger charge is 2.40. The third-order valence-corrected chi connectivity index (χ3v) is 3.23. The van der Waals surface area contributed by atoms with Gasteiger partial charge in [-0.1, -0.05) is 26.7 Å². The van der Waals surface area contributed by atoms with Crippen LogP contribution in [0.2, 0.25) is 0 Å². The zero-order valence-corrected chi connectivity index (χ0v) is 10.7. The van der Waals surface area contributed by atoms with Gasteiger partial charge in [0, 0.05) is 24.8 Å². The summed E-state index contributed by atoms with van der Waals surface area (Å²) in [6.45, 7) is 5.64. The van der Waals surface area contributed by atoms with E-state index in [1.54, 1.807) is 6.33 Å². The second-order valence-electron chi connectivity index (χ2n) is 4.95. The number of aromatic nitrogens is 2. The predicted molar refractivity (Wildman–Crippen MR) is 68.1 cm³/mol. The molecule has 0 bridgehead atoms. The highest BCUT2D eigenvalue weighted by Crippen LogP contribution is 2.29. The summed E-state index contributed by atoms with van der Waals surface area (Å²) in [7, 11) is 0. The molecule has 94 valence electrons. The smallest absolute Gasteiger partial charge is 0.132 e. The van der Waals surface area contributed by atoms with Gasteiger partial charge in [-0.2, -0.15) is 0 Å². The highest BCUT2D eigenvalue weighted by atomic mass is 16.3.